The molecule has 0 bridgehead atoms. The van der Waals surface area contributed by atoms with Crippen LogP contribution < -0.4 is 0 Å². The lowest BCUT2D eigenvalue weighted by Gasteiger charge is -1.99. The lowest BCUT2D eigenvalue weighted by Crippen LogP contribution is -1.91. The molecule has 0 saturated heterocycles. The normalized spacial score (nSPS) is 10.5. The first-order valence-corrected chi connectivity index (χ1v) is 5.63. The Bertz CT molecular complexity index is 574. The number of halogens is 3. The second-order valence-electron chi connectivity index (χ2n) is 3.26. The van der Waals surface area contributed by atoms with Crippen molar-refractivity contribution >= 4 is 33.5 Å². The van der Waals surface area contributed by atoms with Gasteiger partial charge in [0.05, 0.1) is 0 Å². The average molecular weight is 320 g/mol. The molecule has 0 aliphatic carbocycles. The Hall–Kier alpha value is -1.33. The summed E-state index contributed by atoms with van der Waals surface area (Å²) in [6.07, 6.45) is 0. The molecule has 17 heavy (non-hydrogen) atoms. The molecule has 2 rings (SSSR count). The van der Waals surface area contributed by atoms with Crippen molar-refractivity contribution in [3.63, 3.8) is 0 Å². The number of furan rings is 1. The molecule has 0 fully saturated rings. The van der Waals surface area contributed by atoms with Crippen molar-refractivity contribution in [2.75, 3.05) is 0 Å². The predicted molar refractivity (Wildman–Crippen MR) is 63.8 cm³/mol. The maximum absolute atomic E-state index is 13.2. The minimum atomic E-state index is -1.19. The summed E-state index contributed by atoms with van der Waals surface area (Å²) in [5, 5.41) is 8.99. The second kappa shape index (κ2) is 4.50. The number of hydrogen-bond acceptors (Lipinski definition) is 2. The Morgan fingerprint density at radius 1 is 1.35 bits per heavy atom. The molecule has 0 unspecified atom stereocenters. The molecule has 3 nitrogen and oxygen atoms in total. The number of hydrogen-bond donors (Lipinski definition) is 1. The van der Waals surface area contributed by atoms with Crippen LogP contribution in [0.3, 0.4) is 0 Å². The molecule has 88 valence electrons. The molecule has 1 heterocycles. The van der Waals surface area contributed by atoms with Crippen molar-refractivity contribution in [2.45, 2.75) is 0 Å². The molecule has 6 heteroatoms. The van der Waals surface area contributed by atoms with E-state index in [1.54, 1.807) is 0 Å². The van der Waals surface area contributed by atoms with E-state index in [1.165, 1.54) is 18.2 Å². The quantitative estimate of drug-likeness (QED) is 0.902. The number of carboxylic acid groups (broad SMARTS) is 1. The van der Waals surface area contributed by atoms with E-state index >= 15 is 0 Å². The Morgan fingerprint density at radius 2 is 2.06 bits per heavy atom. The zero-order valence-corrected chi connectivity index (χ0v) is 10.5. The van der Waals surface area contributed by atoms with Crippen LogP contribution in [0.1, 0.15) is 10.6 Å². The van der Waals surface area contributed by atoms with E-state index < -0.39 is 11.8 Å². The van der Waals surface area contributed by atoms with E-state index in [2.05, 4.69) is 15.9 Å². The summed E-state index contributed by atoms with van der Waals surface area (Å²) in [6.45, 7) is 0. The minimum absolute atomic E-state index is 0.219. The highest BCUT2D eigenvalue weighted by molar-refractivity contribution is 9.10. The van der Waals surface area contributed by atoms with Crippen LogP contribution in [0, 0.1) is 5.82 Å². The number of benzene rings is 1. The largest absolute Gasteiger partial charge is 0.475 e. The lowest BCUT2D eigenvalue weighted by atomic mass is 10.1. The summed E-state index contributed by atoms with van der Waals surface area (Å²) in [5.74, 6) is -1.93. The summed E-state index contributed by atoms with van der Waals surface area (Å²) in [4.78, 5) is 10.7. The first-order chi connectivity index (χ1) is 7.97. The van der Waals surface area contributed by atoms with Gasteiger partial charge in [-0.3, -0.25) is 0 Å². The molecule has 2 aromatic rings. The van der Waals surface area contributed by atoms with Gasteiger partial charge in [0.2, 0.25) is 5.76 Å². The Labute approximate surface area is 109 Å². The summed E-state index contributed by atoms with van der Waals surface area (Å²) in [6, 6.07) is 5.23. The van der Waals surface area contributed by atoms with E-state index in [-0.39, 0.29) is 15.5 Å². The molecule has 0 amide bonds. The third-order valence-corrected chi connectivity index (χ3v) is 2.88. The minimum Gasteiger partial charge on any atom is -0.475 e. The van der Waals surface area contributed by atoms with Crippen molar-refractivity contribution in [3.8, 4) is 11.1 Å². The number of carbonyl (C=O) groups is 1. The number of carboxylic acids is 1. The summed E-state index contributed by atoms with van der Waals surface area (Å²) in [5.41, 5.74) is 0.877. The fraction of sp³-hybridized carbons (Fsp3) is 0. The van der Waals surface area contributed by atoms with Crippen molar-refractivity contribution < 1.29 is 18.7 Å². The first-order valence-electron chi connectivity index (χ1n) is 4.46. The van der Waals surface area contributed by atoms with Crippen LogP contribution in [0.5, 0.6) is 0 Å². The van der Waals surface area contributed by atoms with Crippen molar-refractivity contribution in [3.05, 3.63) is 45.5 Å². The van der Waals surface area contributed by atoms with Crippen LogP contribution in [0.25, 0.3) is 11.1 Å². The second-order valence-corrected chi connectivity index (χ2v) is 4.42. The predicted octanol–water partition coefficient (Wildman–Crippen LogP) is 4.20. The van der Waals surface area contributed by atoms with Gasteiger partial charge in [0.15, 0.2) is 4.67 Å². The molecular formula is C11H5BrClFO3. The molecule has 0 atom stereocenters. The van der Waals surface area contributed by atoms with Gasteiger partial charge in [-0.15, -0.1) is 0 Å². The first kappa shape index (κ1) is 12.1. The molecule has 0 radical (unpaired) electrons. The van der Waals surface area contributed by atoms with Gasteiger partial charge in [0, 0.05) is 16.7 Å². The summed E-state index contributed by atoms with van der Waals surface area (Å²) >= 11 is 8.80. The van der Waals surface area contributed by atoms with Crippen molar-refractivity contribution in [1.82, 2.24) is 0 Å². The van der Waals surface area contributed by atoms with Gasteiger partial charge in [-0.25, -0.2) is 9.18 Å². The third kappa shape index (κ3) is 2.50. The summed E-state index contributed by atoms with van der Waals surface area (Å²) < 4.78 is 18.3. The zero-order valence-electron chi connectivity index (χ0n) is 8.21. The third-order valence-electron chi connectivity index (χ3n) is 2.07. The van der Waals surface area contributed by atoms with Crippen LogP contribution in [-0.4, -0.2) is 11.1 Å². The van der Waals surface area contributed by atoms with Gasteiger partial charge in [-0.1, -0.05) is 11.6 Å². The van der Waals surface area contributed by atoms with Crippen LogP contribution in [0.15, 0.2) is 33.4 Å². The molecular weight excluding hydrogens is 314 g/mol. The summed E-state index contributed by atoms with van der Waals surface area (Å²) in [7, 11) is 0. The Morgan fingerprint density at radius 3 is 2.59 bits per heavy atom. The standard InChI is InChI=1S/C11H5BrClFO3/c12-10-8(4-9(17-10)11(15)16)5-1-6(13)3-7(14)2-5/h1-4H,(H,15,16). The van der Waals surface area contributed by atoms with Crippen LogP contribution >= 0.6 is 27.5 Å². The van der Waals surface area contributed by atoms with Crippen molar-refractivity contribution in [2.24, 2.45) is 0 Å². The Kier molecular flexibility index (Phi) is 3.22. The van der Waals surface area contributed by atoms with Crippen LogP contribution in [0.2, 0.25) is 5.02 Å². The fourth-order valence-electron chi connectivity index (χ4n) is 1.38. The monoisotopic (exact) mass is 318 g/mol. The molecule has 0 aliphatic rings. The number of aromatic carboxylic acids is 1. The van der Waals surface area contributed by atoms with Gasteiger partial charge in [0.25, 0.3) is 0 Å². The SMILES string of the molecule is O=C(O)c1cc(-c2cc(F)cc(Cl)c2)c(Br)o1. The molecule has 1 aromatic heterocycles. The van der Waals surface area contributed by atoms with E-state index in [9.17, 15) is 9.18 Å². The average Bonchev–Trinajstić information content (AvgIpc) is 2.59. The molecule has 1 N–H and O–H groups in total. The zero-order chi connectivity index (χ0) is 12.6. The maximum atomic E-state index is 13.2. The van der Waals surface area contributed by atoms with Gasteiger partial charge >= 0.3 is 5.97 Å². The van der Waals surface area contributed by atoms with E-state index in [0.29, 0.717) is 11.1 Å². The highest BCUT2D eigenvalue weighted by atomic mass is 79.9. The molecule has 0 spiro atoms. The maximum Gasteiger partial charge on any atom is 0.371 e. The van der Waals surface area contributed by atoms with Gasteiger partial charge < -0.3 is 9.52 Å². The highest BCUT2D eigenvalue weighted by Gasteiger charge is 2.16. The van der Waals surface area contributed by atoms with Crippen molar-refractivity contribution in [1.29, 1.82) is 0 Å². The topological polar surface area (TPSA) is 50.4 Å². The molecule has 0 aliphatic heterocycles. The van der Waals surface area contributed by atoms with Gasteiger partial charge in [0.1, 0.15) is 5.82 Å². The number of rotatable bonds is 2. The van der Waals surface area contributed by atoms with E-state index in [1.807, 2.05) is 0 Å². The molecule has 0 saturated carbocycles. The smallest absolute Gasteiger partial charge is 0.371 e. The lowest BCUT2D eigenvalue weighted by molar-refractivity contribution is 0.0661. The van der Waals surface area contributed by atoms with Crippen LogP contribution in [-0.2, 0) is 0 Å². The van der Waals surface area contributed by atoms with E-state index in [4.69, 9.17) is 21.1 Å². The van der Waals surface area contributed by atoms with Crippen LogP contribution in [0.4, 0.5) is 4.39 Å². The Balaban J connectivity index is 2.56. The fourth-order valence-corrected chi connectivity index (χ4v) is 2.12. The molecule has 1 aromatic carbocycles. The van der Waals surface area contributed by atoms with Gasteiger partial charge in [-0.2, -0.15) is 0 Å². The van der Waals surface area contributed by atoms with Gasteiger partial charge in [-0.05, 0) is 39.7 Å². The van der Waals surface area contributed by atoms with E-state index in [0.717, 1.165) is 6.07 Å². The highest BCUT2D eigenvalue weighted by Crippen LogP contribution is 2.33.